The van der Waals surface area contributed by atoms with Crippen LogP contribution < -0.4 is 4.74 Å². The monoisotopic (exact) mass is 292 g/mol. The first kappa shape index (κ1) is 15.8. The number of hydrogen-bond donors (Lipinski definition) is 0. The third-order valence-electron chi connectivity index (χ3n) is 3.93. The number of benzene rings is 1. The quantitative estimate of drug-likeness (QED) is 0.621. The van der Waals surface area contributed by atoms with Gasteiger partial charge in [-0.2, -0.15) is 4.89 Å². The van der Waals surface area contributed by atoms with Crippen molar-refractivity contribution in [2.75, 3.05) is 7.11 Å². The molecular weight excluding hydrogens is 268 g/mol. The van der Waals surface area contributed by atoms with Crippen molar-refractivity contribution in [3.8, 4) is 5.75 Å². The second-order valence-electron chi connectivity index (χ2n) is 6.70. The lowest BCUT2D eigenvalue weighted by molar-refractivity contribution is -0.287. The fourth-order valence-corrected chi connectivity index (χ4v) is 3.30. The maximum absolute atomic E-state index is 12.1. The molecule has 0 bridgehead atoms. The Labute approximate surface area is 126 Å². The number of rotatable bonds is 4. The standard InChI is InChI=1S/C17H24O4/c1-12-9-13(11-17(2,3)10-12)20-21-16(18)14-7-5-6-8-15(14)19-4/h5-8,12-13H,9-11H2,1-4H3. The second-order valence-corrected chi connectivity index (χ2v) is 6.70. The molecule has 1 aliphatic carbocycles. The molecule has 1 aliphatic rings. The molecule has 0 saturated heterocycles. The van der Waals surface area contributed by atoms with E-state index in [0.717, 1.165) is 12.8 Å². The summed E-state index contributed by atoms with van der Waals surface area (Å²) in [5.74, 6) is 0.552. The molecule has 1 aromatic rings. The smallest absolute Gasteiger partial charge is 0.376 e. The molecule has 0 spiro atoms. The molecule has 4 nitrogen and oxygen atoms in total. The lowest BCUT2D eigenvalue weighted by Gasteiger charge is -2.37. The number of ether oxygens (including phenoxy) is 1. The SMILES string of the molecule is COc1ccccc1C(=O)OOC1CC(C)CC(C)(C)C1. The molecule has 0 N–H and O–H groups in total. The van der Waals surface area contributed by atoms with Crippen LogP contribution in [0.4, 0.5) is 0 Å². The highest BCUT2D eigenvalue weighted by molar-refractivity contribution is 5.92. The zero-order valence-electron chi connectivity index (χ0n) is 13.2. The minimum absolute atomic E-state index is 0.0394. The zero-order chi connectivity index (χ0) is 15.5. The predicted octanol–water partition coefficient (Wildman–Crippen LogP) is 4.00. The highest BCUT2D eigenvalue weighted by Gasteiger charge is 2.34. The molecule has 1 fully saturated rings. The second kappa shape index (κ2) is 6.48. The summed E-state index contributed by atoms with van der Waals surface area (Å²) in [6, 6.07) is 6.97. The first-order valence-corrected chi connectivity index (χ1v) is 7.42. The van der Waals surface area contributed by atoms with Gasteiger partial charge < -0.3 is 4.74 Å². The number of hydrogen-bond acceptors (Lipinski definition) is 4. The largest absolute Gasteiger partial charge is 0.496 e. The van der Waals surface area contributed by atoms with Crippen molar-refractivity contribution in [2.24, 2.45) is 11.3 Å². The Bertz CT molecular complexity index is 495. The minimum Gasteiger partial charge on any atom is -0.496 e. The van der Waals surface area contributed by atoms with E-state index in [1.807, 2.05) is 6.07 Å². The van der Waals surface area contributed by atoms with E-state index in [-0.39, 0.29) is 11.5 Å². The molecule has 21 heavy (non-hydrogen) atoms. The first-order valence-electron chi connectivity index (χ1n) is 7.42. The van der Waals surface area contributed by atoms with Crippen molar-refractivity contribution >= 4 is 5.97 Å². The lowest BCUT2D eigenvalue weighted by Crippen LogP contribution is -2.33. The fraction of sp³-hybridized carbons (Fsp3) is 0.588. The molecule has 2 rings (SSSR count). The van der Waals surface area contributed by atoms with Crippen LogP contribution in [0.5, 0.6) is 5.75 Å². The van der Waals surface area contributed by atoms with Gasteiger partial charge in [0.05, 0.1) is 7.11 Å². The molecule has 0 aromatic heterocycles. The predicted molar refractivity (Wildman–Crippen MR) is 80.1 cm³/mol. The molecule has 116 valence electrons. The first-order chi connectivity index (χ1) is 9.91. The number of carbonyl (C=O) groups is 1. The van der Waals surface area contributed by atoms with E-state index < -0.39 is 5.97 Å². The van der Waals surface area contributed by atoms with Gasteiger partial charge in [0, 0.05) is 0 Å². The van der Waals surface area contributed by atoms with Crippen molar-refractivity contribution in [1.29, 1.82) is 0 Å². The van der Waals surface area contributed by atoms with Crippen LogP contribution in [0.25, 0.3) is 0 Å². The Morgan fingerprint density at radius 3 is 2.62 bits per heavy atom. The maximum Gasteiger partial charge on any atom is 0.376 e. The van der Waals surface area contributed by atoms with Gasteiger partial charge in [-0.3, -0.25) is 4.89 Å². The number of carbonyl (C=O) groups excluding carboxylic acids is 1. The number of para-hydroxylation sites is 1. The molecule has 1 saturated carbocycles. The van der Waals surface area contributed by atoms with Crippen LogP contribution in [0.15, 0.2) is 24.3 Å². The van der Waals surface area contributed by atoms with Crippen molar-refractivity contribution < 1.29 is 19.3 Å². The molecule has 2 atom stereocenters. The van der Waals surface area contributed by atoms with Crippen LogP contribution in [-0.4, -0.2) is 19.2 Å². The van der Waals surface area contributed by atoms with Crippen molar-refractivity contribution in [2.45, 2.75) is 46.1 Å². The van der Waals surface area contributed by atoms with Crippen LogP contribution in [0.2, 0.25) is 0 Å². The Morgan fingerprint density at radius 2 is 1.95 bits per heavy atom. The van der Waals surface area contributed by atoms with Gasteiger partial charge in [0.25, 0.3) is 0 Å². The molecule has 2 unspecified atom stereocenters. The summed E-state index contributed by atoms with van der Waals surface area (Å²) in [6.07, 6.45) is 2.95. The molecule has 4 heteroatoms. The maximum atomic E-state index is 12.1. The summed E-state index contributed by atoms with van der Waals surface area (Å²) in [4.78, 5) is 22.5. The van der Waals surface area contributed by atoms with E-state index in [0.29, 0.717) is 17.2 Å². The van der Waals surface area contributed by atoms with E-state index in [4.69, 9.17) is 14.5 Å². The molecular formula is C17H24O4. The highest BCUT2D eigenvalue weighted by Crippen LogP contribution is 2.39. The fourth-order valence-electron chi connectivity index (χ4n) is 3.30. The van der Waals surface area contributed by atoms with E-state index in [1.165, 1.54) is 13.5 Å². The molecule has 0 radical (unpaired) electrons. The van der Waals surface area contributed by atoms with E-state index in [2.05, 4.69) is 20.8 Å². The number of methoxy groups -OCH3 is 1. The molecule has 0 aliphatic heterocycles. The van der Waals surface area contributed by atoms with Crippen LogP contribution in [0.1, 0.15) is 50.4 Å². The Kier molecular flexibility index (Phi) is 4.88. The van der Waals surface area contributed by atoms with Crippen LogP contribution >= 0.6 is 0 Å². The third-order valence-corrected chi connectivity index (χ3v) is 3.93. The van der Waals surface area contributed by atoms with Gasteiger partial charge >= 0.3 is 5.97 Å². The van der Waals surface area contributed by atoms with Gasteiger partial charge in [-0.25, -0.2) is 4.79 Å². The lowest BCUT2D eigenvalue weighted by atomic mass is 9.71. The normalized spacial score (nSPS) is 24.4. The Morgan fingerprint density at radius 1 is 1.24 bits per heavy atom. The van der Waals surface area contributed by atoms with Crippen molar-refractivity contribution in [3.05, 3.63) is 29.8 Å². The van der Waals surface area contributed by atoms with Gasteiger partial charge in [0.2, 0.25) is 0 Å². The van der Waals surface area contributed by atoms with E-state index >= 15 is 0 Å². The summed E-state index contributed by atoms with van der Waals surface area (Å²) in [5, 5.41) is 0. The summed E-state index contributed by atoms with van der Waals surface area (Å²) in [5.41, 5.74) is 0.599. The third kappa shape index (κ3) is 4.21. The zero-order valence-corrected chi connectivity index (χ0v) is 13.2. The van der Waals surface area contributed by atoms with Gasteiger partial charge in [0.1, 0.15) is 17.4 Å². The molecule has 0 heterocycles. The highest BCUT2D eigenvalue weighted by atomic mass is 17.2. The Hall–Kier alpha value is -1.55. The van der Waals surface area contributed by atoms with Crippen molar-refractivity contribution in [3.63, 3.8) is 0 Å². The molecule has 1 aromatic carbocycles. The summed E-state index contributed by atoms with van der Waals surface area (Å²) in [7, 11) is 1.53. The van der Waals surface area contributed by atoms with E-state index in [9.17, 15) is 4.79 Å². The van der Waals surface area contributed by atoms with Crippen LogP contribution in [0.3, 0.4) is 0 Å². The van der Waals surface area contributed by atoms with Crippen LogP contribution in [0, 0.1) is 11.3 Å². The van der Waals surface area contributed by atoms with Crippen LogP contribution in [-0.2, 0) is 9.78 Å². The van der Waals surface area contributed by atoms with E-state index in [1.54, 1.807) is 18.2 Å². The van der Waals surface area contributed by atoms with Gasteiger partial charge in [0.15, 0.2) is 0 Å². The molecule has 0 amide bonds. The summed E-state index contributed by atoms with van der Waals surface area (Å²) in [6.45, 7) is 6.65. The van der Waals surface area contributed by atoms with Gasteiger partial charge in [-0.15, -0.1) is 0 Å². The summed E-state index contributed by atoms with van der Waals surface area (Å²) < 4.78 is 5.15. The van der Waals surface area contributed by atoms with Crippen molar-refractivity contribution in [1.82, 2.24) is 0 Å². The Balaban J connectivity index is 1.95. The average Bonchev–Trinajstić information content (AvgIpc) is 2.42. The average molecular weight is 292 g/mol. The minimum atomic E-state index is -0.511. The summed E-state index contributed by atoms with van der Waals surface area (Å²) >= 11 is 0. The van der Waals surface area contributed by atoms with Gasteiger partial charge in [-0.05, 0) is 42.7 Å². The topological polar surface area (TPSA) is 44.8 Å². The van der Waals surface area contributed by atoms with Gasteiger partial charge in [-0.1, -0.05) is 32.9 Å².